The van der Waals surface area contributed by atoms with Gasteiger partial charge < -0.3 is 15.1 Å². The number of hydrogen-bond donors (Lipinski definition) is 1. The Labute approximate surface area is 190 Å². The van der Waals surface area contributed by atoms with E-state index in [0.29, 0.717) is 0 Å². The predicted molar refractivity (Wildman–Crippen MR) is 131 cm³/mol. The molecule has 1 N–H and O–H groups in total. The summed E-state index contributed by atoms with van der Waals surface area (Å²) in [5.41, 5.74) is 1.18. The number of halogens is 1. The van der Waals surface area contributed by atoms with Crippen LogP contribution in [0.3, 0.4) is 0 Å². The SMILES string of the molecule is CN=C(NCc1ccc(N2CCC(C)CC2)nc1)N(C)CCc1cccs1.I. The number of aliphatic imine (C=N–C) groups is 1. The second-order valence-corrected chi connectivity index (χ2v) is 8.38. The van der Waals surface area contributed by atoms with Crippen molar-refractivity contribution in [1.29, 1.82) is 0 Å². The topological polar surface area (TPSA) is 43.8 Å². The Balaban J connectivity index is 0.00000280. The van der Waals surface area contributed by atoms with Crippen LogP contribution in [0.15, 0.2) is 40.8 Å². The van der Waals surface area contributed by atoms with Crippen molar-refractivity contribution >= 4 is 47.1 Å². The second-order valence-electron chi connectivity index (χ2n) is 7.35. The standard InChI is InChI=1S/C21H31N5S.HI/c1-17-8-12-26(13-9-17)20-7-6-18(15-23-20)16-24-21(22-2)25(3)11-10-19-5-4-14-27-19;/h4-7,14-15,17H,8-13,16H2,1-3H3,(H,22,24);1H. The maximum Gasteiger partial charge on any atom is 0.193 e. The number of guanidine groups is 1. The Morgan fingerprint density at radius 3 is 2.71 bits per heavy atom. The fraction of sp³-hybridized carbons (Fsp3) is 0.524. The zero-order valence-electron chi connectivity index (χ0n) is 17.1. The quantitative estimate of drug-likeness (QED) is 0.357. The van der Waals surface area contributed by atoms with E-state index in [2.05, 4.69) is 68.7 Å². The van der Waals surface area contributed by atoms with E-state index in [1.165, 1.54) is 23.3 Å². The fourth-order valence-electron chi connectivity index (χ4n) is 3.35. The normalized spacial score (nSPS) is 15.2. The highest BCUT2D eigenvalue weighted by Crippen LogP contribution is 2.21. The molecule has 3 rings (SSSR count). The molecule has 0 radical (unpaired) electrons. The third-order valence-electron chi connectivity index (χ3n) is 5.21. The van der Waals surface area contributed by atoms with E-state index < -0.39 is 0 Å². The third-order valence-corrected chi connectivity index (χ3v) is 6.15. The lowest BCUT2D eigenvalue weighted by Gasteiger charge is -2.31. The van der Waals surface area contributed by atoms with Crippen molar-refractivity contribution in [2.75, 3.05) is 38.6 Å². The van der Waals surface area contributed by atoms with Crippen LogP contribution in [0.2, 0.25) is 0 Å². The van der Waals surface area contributed by atoms with Crippen molar-refractivity contribution in [3.05, 3.63) is 46.3 Å². The molecule has 0 aromatic carbocycles. The molecular formula is C21H32IN5S. The van der Waals surface area contributed by atoms with Gasteiger partial charge in [-0.2, -0.15) is 0 Å². The molecule has 1 aliphatic rings. The number of nitrogens with zero attached hydrogens (tertiary/aromatic N) is 4. The maximum atomic E-state index is 4.68. The molecule has 5 nitrogen and oxygen atoms in total. The fourth-order valence-corrected chi connectivity index (χ4v) is 4.05. The molecule has 3 heterocycles. The molecule has 154 valence electrons. The number of likely N-dealkylation sites (N-methyl/N-ethyl adjacent to an activating group) is 1. The van der Waals surface area contributed by atoms with Crippen molar-refractivity contribution in [2.45, 2.75) is 32.7 Å². The number of pyridine rings is 1. The highest BCUT2D eigenvalue weighted by Gasteiger charge is 2.16. The minimum absolute atomic E-state index is 0. The first-order valence-electron chi connectivity index (χ1n) is 9.79. The van der Waals surface area contributed by atoms with E-state index in [1.807, 2.05) is 24.6 Å². The summed E-state index contributed by atoms with van der Waals surface area (Å²) < 4.78 is 0. The Morgan fingerprint density at radius 1 is 1.32 bits per heavy atom. The molecular weight excluding hydrogens is 481 g/mol. The molecule has 0 atom stereocenters. The largest absolute Gasteiger partial charge is 0.357 e. The number of aromatic nitrogens is 1. The first-order chi connectivity index (χ1) is 13.2. The van der Waals surface area contributed by atoms with Crippen LogP contribution in [0.4, 0.5) is 5.82 Å². The number of piperidine rings is 1. The molecule has 0 aliphatic carbocycles. The number of thiophene rings is 1. The number of hydrogen-bond acceptors (Lipinski definition) is 4. The Morgan fingerprint density at radius 2 is 2.11 bits per heavy atom. The lowest BCUT2D eigenvalue weighted by molar-refractivity contribution is 0.436. The first kappa shape index (κ1) is 22.9. The summed E-state index contributed by atoms with van der Waals surface area (Å²) in [5, 5.41) is 5.57. The van der Waals surface area contributed by atoms with Crippen molar-refractivity contribution < 1.29 is 0 Å². The van der Waals surface area contributed by atoms with Crippen LogP contribution in [-0.2, 0) is 13.0 Å². The van der Waals surface area contributed by atoms with Crippen LogP contribution in [0.25, 0.3) is 0 Å². The molecule has 28 heavy (non-hydrogen) atoms. The lowest BCUT2D eigenvalue weighted by Crippen LogP contribution is -2.39. The Bertz CT molecular complexity index is 709. The van der Waals surface area contributed by atoms with Gasteiger partial charge in [0.05, 0.1) is 0 Å². The monoisotopic (exact) mass is 513 g/mol. The highest BCUT2D eigenvalue weighted by molar-refractivity contribution is 14.0. The van der Waals surface area contributed by atoms with E-state index in [4.69, 9.17) is 0 Å². The summed E-state index contributed by atoms with van der Waals surface area (Å²) in [7, 11) is 3.92. The van der Waals surface area contributed by atoms with Crippen molar-refractivity contribution in [2.24, 2.45) is 10.9 Å². The third kappa shape index (κ3) is 6.62. The summed E-state index contributed by atoms with van der Waals surface area (Å²) in [6.45, 7) is 6.26. The van der Waals surface area contributed by atoms with Gasteiger partial charge in [-0.25, -0.2) is 4.98 Å². The van der Waals surface area contributed by atoms with Crippen LogP contribution >= 0.6 is 35.3 Å². The van der Waals surface area contributed by atoms with E-state index in [0.717, 1.165) is 50.3 Å². The van der Waals surface area contributed by atoms with Crippen LogP contribution in [-0.4, -0.2) is 49.6 Å². The van der Waals surface area contributed by atoms with Gasteiger partial charge in [-0.05, 0) is 48.3 Å². The second kappa shape index (κ2) is 11.6. The van der Waals surface area contributed by atoms with E-state index in [-0.39, 0.29) is 24.0 Å². The summed E-state index contributed by atoms with van der Waals surface area (Å²) in [5.74, 6) is 2.86. The molecule has 7 heteroatoms. The number of nitrogens with one attached hydrogen (secondary N) is 1. The average molecular weight is 513 g/mol. The van der Waals surface area contributed by atoms with Crippen LogP contribution in [0.5, 0.6) is 0 Å². The summed E-state index contributed by atoms with van der Waals surface area (Å²) in [6, 6.07) is 8.61. The van der Waals surface area contributed by atoms with E-state index in [9.17, 15) is 0 Å². The van der Waals surface area contributed by atoms with E-state index in [1.54, 1.807) is 0 Å². The molecule has 0 unspecified atom stereocenters. The summed E-state index contributed by atoms with van der Waals surface area (Å²) >= 11 is 1.81. The molecule has 2 aromatic heterocycles. The van der Waals surface area contributed by atoms with Crippen molar-refractivity contribution in [1.82, 2.24) is 15.2 Å². The average Bonchev–Trinajstić information content (AvgIpc) is 3.22. The minimum Gasteiger partial charge on any atom is -0.357 e. The summed E-state index contributed by atoms with van der Waals surface area (Å²) in [4.78, 5) is 15.1. The Hall–Kier alpha value is -1.35. The van der Waals surface area contributed by atoms with Crippen LogP contribution in [0.1, 0.15) is 30.2 Å². The van der Waals surface area contributed by atoms with Crippen molar-refractivity contribution in [3.8, 4) is 0 Å². The zero-order chi connectivity index (χ0) is 19.1. The van der Waals surface area contributed by atoms with Gasteiger partial charge in [0.25, 0.3) is 0 Å². The van der Waals surface area contributed by atoms with Gasteiger partial charge in [0.1, 0.15) is 5.82 Å². The van der Waals surface area contributed by atoms with Gasteiger partial charge in [0.2, 0.25) is 0 Å². The molecule has 2 aromatic rings. The van der Waals surface area contributed by atoms with Gasteiger partial charge in [0.15, 0.2) is 5.96 Å². The smallest absolute Gasteiger partial charge is 0.193 e. The molecule has 0 spiro atoms. The van der Waals surface area contributed by atoms with Crippen LogP contribution < -0.4 is 10.2 Å². The van der Waals surface area contributed by atoms with Gasteiger partial charge in [-0.1, -0.05) is 19.1 Å². The summed E-state index contributed by atoms with van der Waals surface area (Å²) in [6.07, 6.45) is 5.55. The van der Waals surface area contributed by atoms with Gasteiger partial charge in [-0.15, -0.1) is 35.3 Å². The molecule has 1 aliphatic heterocycles. The van der Waals surface area contributed by atoms with Gasteiger partial charge in [-0.3, -0.25) is 4.99 Å². The molecule has 1 fully saturated rings. The number of rotatable bonds is 6. The highest BCUT2D eigenvalue weighted by atomic mass is 127. The Kier molecular flexibility index (Phi) is 9.50. The zero-order valence-corrected chi connectivity index (χ0v) is 20.2. The molecule has 0 amide bonds. The molecule has 1 saturated heterocycles. The van der Waals surface area contributed by atoms with Gasteiger partial charge >= 0.3 is 0 Å². The minimum atomic E-state index is 0. The predicted octanol–water partition coefficient (Wildman–Crippen LogP) is 4.25. The molecule has 0 bridgehead atoms. The van der Waals surface area contributed by atoms with Crippen LogP contribution in [0, 0.1) is 5.92 Å². The first-order valence-corrected chi connectivity index (χ1v) is 10.7. The molecule has 0 saturated carbocycles. The van der Waals surface area contributed by atoms with Crippen molar-refractivity contribution in [3.63, 3.8) is 0 Å². The lowest BCUT2D eigenvalue weighted by atomic mass is 9.99. The van der Waals surface area contributed by atoms with Gasteiger partial charge in [0, 0.05) is 51.3 Å². The number of anilines is 1. The van der Waals surface area contributed by atoms with E-state index >= 15 is 0 Å². The maximum absolute atomic E-state index is 4.68.